The van der Waals surface area contributed by atoms with E-state index in [2.05, 4.69) is 40.1 Å². The van der Waals surface area contributed by atoms with Crippen LogP contribution in [0.4, 0.5) is 0 Å². The molecule has 1 rings (SSSR count). The van der Waals surface area contributed by atoms with Gasteiger partial charge in [0.25, 0.3) is 0 Å². The minimum Gasteiger partial charge on any atom is -0.316 e. The van der Waals surface area contributed by atoms with Crippen LogP contribution in [0.5, 0.6) is 0 Å². The first kappa shape index (κ1) is 10.0. The second-order valence-electron chi connectivity index (χ2n) is 5.70. The molecule has 0 radical (unpaired) electrons. The Kier molecular flexibility index (Phi) is 2.53. The van der Waals surface area contributed by atoms with Crippen LogP contribution >= 0.6 is 0 Å². The summed E-state index contributed by atoms with van der Waals surface area (Å²) in [7, 11) is 2.09. The van der Waals surface area contributed by atoms with Crippen molar-refractivity contribution in [2.45, 2.75) is 53.0 Å². The van der Waals surface area contributed by atoms with E-state index in [1.807, 2.05) is 0 Å². The quantitative estimate of drug-likeness (QED) is 0.636. The van der Waals surface area contributed by atoms with Crippen molar-refractivity contribution in [2.24, 2.45) is 10.8 Å². The van der Waals surface area contributed by atoms with Crippen LogP contribution in [0.3, 0.4) is 0 Å². The van der Waals surface area contributed by atoms with Crippen molar-refractivity contribution in [1.82, 2.24) is 5.32 Å². The molecular weight excluding hydrogens is 146 g/mol. The maximum absolute atomic E-state index is 3.45. The maximum Gasteiger partial charge on any atom is 0.0120 e. The van der Waals surface area contributed by atoms with Gasteiger partial charge in [-0.1, -0.05) is 27.7 Å². The van der Waals surface area contributed by atoms with Gasteiger partial charge in [0.1, 0.15) is 0 Å². The molecule has 0 aromatic heterocycles. The lowest BCUT2D eigenvalue weighted by Gasteiger charge is -2.46. The monoisotopic (exact) mass is 169 g/mol. The van der Waals surface area contributed by atoms with Crippen LogP contribution in [0.15, 0.2) is 0 Å². The summed E-state index contributed by atoms with van der Waals surface area (Å²) in [6.07, 6.45) is 4.04. The molecule has 0 aromatic carbocycles. The zero-order valence-corrected chi connectivity index (χ0v) is 9.20. The molecule has 1 heteroatoms. The molecule has 1 saturated carbocycles. The summed E-state index contributed by atoms with van der Waals surface area (Å²) < 4.78 is 0. The molecule has 1 N–H and O–H groups in total. The van der Waals surface area contributed by atoms with Gasteiger partial charge in [0, 0.05) is 6.04 Å². The van der Waals surface area contributed by atoms with Crippen LogP contribution in [-0.4, -0.2) is 13.1 Å². The van der Waals surface area contributed by atoms with Gasteiger partial charge < -0.3 is 5.32 Å². The Labute approximate surface area is 76.9 Å². The predicted molar refractivity (Wildman–Crippen MR) is 54.3 cm³/mol. The molecular formula is C11H23N. The zero-order valence-electron chi connectivity index (χ0n) is 9.20. The number of hydrogen-bond acceptors (Lipinski definition) is 1. The molecule has 0 saturated heterocycles. The van der Waals surface area contributed by atoms with Crippen molar-refractivity contribution >= 4 is 0 Å². The second-order valence-corrected chi connectivity index (χ2v) is 5.70. The van der Waals surface area contributed by atoms with E-state index in [-0.39, 0.29) is 0 Å². The second kappa shape index (κ2) is 3.02. The smallest absolute Gasteiger partial charge is 0.0120 e. The highest BCUT2D eigenvalue weighted by Gasteiger charge is 2.38. The van der Waals surface area contributed by atoms with Gasteiger partial charge in [-0.15, -0.1) is 0 Å². The van der Waals surface area contributed by atoms with Gasteiger partial charge in [-0.3, -0.25) is 0 Å². The third-order valence-corrected chi connectivity index (χ3v) is 3.49. The molecule has 1 aliphatic carbocycles. The van der Waals surface area contributed by atoms with Crippen molar-refractivity contribution in [1.29, 1.82) is 0 Å². The molecule has 0 heterocycles. The van der Waals surface area contributed by atoms with Gasteiger partial charge in [-0.05, 0) is 37.1 Å². The highest BCUT2D eigenvalue weighted by atomic mass is 14.9. The van der Waals surface area contributed by atoms with Crippen LogP contribution in [0.1, 0.15) is 47.0 Å². The molecule has 1 fully saturated rings. The Morgan fingerprint density at radius 2 is 1.67 bits per heavy atom. The molecule has 1 nitrogen and oxygen atoms in total. The fourth-order valence-electron chi connectivity index (χ4n) is 2.26. The van der Waals surface area contributed by atoms with Crippen LogP contribution in [0.2, 0.25) is 0 Å². The summed E-state index contributed by atoms with van der Waals surface area (Å²) in [6.45, 7) is 9.52. The molecule has 0 spiro atoms. The van der Waals surface area contributed by atoms with E-state index in [0.717, 1.165) is 0 Å². The number of rotatable bonds is 1. The van der Waals surface area contributed by atoms with Gasteiger partial charge in [-0.25, -0.2) is 0 Å². The van der Waals surface area contributed by atoms with E-state index in [4.69, 9.17) is 0 Å². The maximum atomic E-state index is 3.45. The summed E-state index contributed by atoms with van der Waals surface area (Å²) in [5.74, 6) is 0. The van der Waals surface area contributed by atoms with Gasteiger partial charge in [-0.2, -0.15) is 0 Å². The highest BCUT2D eigenvalue weighted by molar-refractivity contribution is 4.93. The fraction of sp³-hybridized carbons (Fsp3) is 1.00. The Hall–Kier alpha value is -0.0400. The number of hydrogen-bond donors (Lipinski definition) is 1. The van der Waals surface area contributed by atoms with Gasteiger partial charge in [0.2, 0.25) is 0 Å². The SMILES string of the molecule is CNC1CC(C)(C)CCC1(C)C. The van der Waals surface area contributed by atoms with Gasteiger partial charge >= 0.3 is 0 Å². The van der Waals surface area contributed by atoms with Crippen molar-refractivity contribution in [3.8, 4) is 0 Å². The number of nitrogens with one attached hydrogen (secondary N) is 1. The first-order chi connectivity index (χ1) is 5.37. The summed E-state index contributed by atoms with van der Waals surface area (Å²) in [4.78, 5) is 0. The Balaban J connectivity index is 2.67. The minimum absolute atomic E-state index is 0.490. The lowest BCUT2D eigenvalue weighted by Crippen LogP contribution is -2.47. The molecule has 0 aromatic rings. The third-order valence-electron chi connectivity index (χ3n) is 3.49. The van der Waals surface area contributed by atoms with E-state index in [0.29, 0.717) is 16.9 Å². The van der Waals surface area contributed by atoms with E-state index in [1.165, 1.54) is 19.3 Å². The summed E-state index contributed by atoms with van der Waals surface area (Å²) in [5.41, 5.74) is 1.04. The van der Waals surface area contributed by atoms with Gasteiger partial charge in [0.05, 0.1) is 0 Å². The molecule has 0 aliphatic heterocycles. The first-order valence-corrected chi connectivity index (χ1v) is 5.05. The Morgan fingerprint density at radius 1 is 1.08 bits per heavy atom. The van der Waals surface area contributed by atoms with Gasteiger partial charge in [0.15, 0.2) is 0 Å². The van der Waals surface area contributed by atoms with Crippen LogP contribution in [0, 0.1) is 10.8 Å². The van der Waals surface area contributed by atoms with E-state index in [9.17, 15) is 0 Å². The molecule has 1 unspecified atom stereocenters. The average Bonchev–Trinajstić information content (AvgIpc) is 1.95. The molecule has 12 heavy (non-hydrogen) atoms. The highest BCUT2D eigenvalue weighted by Crippen LogP contribution is 2.44. The molecule has 1 aliphatic rings. The fourth-order valence-corrected chi connectivity index (χ4v) is 2.26. The van der Waals surface area contributed by atoms with E-state index < -0.39 is 0 Å². The third kappa shape index (κ3) is 2.01. The largest absolute Gasteiger partial charge is 0.316 e. The normalized spacial score (nSPS) is 33.2. The van der Waals surface area contributed by atoms with Crippen molar-refractivity contribution in [2.75, 3.05) is 7.05 Å². The predicted octanol–water partition coefficient (Wildman–Crippen LogP) is 2.81. The minimum atomic E-state index is 0.490. The van der Waals surface area contributed by atoms with Crippen LogP contribution < -0.4 is 5.32 Å². The van der Waals surface area contributed by atoms with Crippen LogP contribution in [0.25, 0.3) is 0 Å². The Bertz CT molecular complexity index is 158. The van der Waals surface area contributed by atoms with E-state index in [1.54, 1.807) is 0 Å². The van der Waals surface area contributed by atoms with E-state index >= 15 is 0 Å². The molecule has 0 bridgehead atoms. The van der Waals surface area contributed by atoms with Crippen molar-refractivity contribution in [3.63, 3.8) is 0 Å². The molecule has 0 amide bonds. The zero-order chi connectivity index (χ0) is 9.41. The van der Waals surface area contributed by atoms with Crippen LogP contribution in [-0.2, 0) is 0 Å². The summed E-state index contributed by atoms with van der Waals surface area (Å²) >= 11 is 0. The summed E-state index contributed by atoms with van der Waals surface area (Å²) in [6, 6.07) is 0.696. The topological polar surface area (TPSA) is 12.0 Å². The van der Waals surface area contributed by atoms with Crippen molar-refractivity contribution < 1.29 is 0 Å². The lowest BCUT2D eigenvalue weighted by molar-refractivity contribution is 0.0867. The average molecular weight is 169 g/mol. The molecule has 1 atom stereocenters. The Morgan fingerprint density at radius 3 is 2.08 bits per heavy atom. The standard InChI is InChI=1S/C11H23N/c1-10(2)6-7-11(3,4)9(8-10)12-5/h9,12H,6-8H2,1-5H3. The van der Waals surface area contributed by atoms with Crippen molar-refractivity contribution in [3.05, 3.63) is 0 Å². The first-order valence-electron chi connectivity index (χ1n) is 5.05. The molecule has 72 valence electrons. The summed E-state index contributed by atoms with van der Waals surface area (Å²) in [5, 5.41) is 3.45. The lowest BCUT2D eigenvalue weighted by atomic mass is 9.64.